The molecule has 0 saturated carbocycles. The van der Waals surface area contributed by atoms with Gasteiger partial charge >= 0.3 is 6.03 Å². The standard InChI is InChI=1S/C13H20N4O5/c1-14-12(15-2)17-13(19)16-9-8(20-3)6-7(18)10(21-4)11(9)22-5/h6,18H,1-5H3,(H3,14,15,16,17,19). The third-order valence-corrected chi connectivity index (χ3v) is 2.74. The quantitative estimate of drug-likeness (QED) is 0.370. The summed E-state index contributed by atoms with van der Waals surface area (Å²) in [5, 5.41) is 17.6. The van der Waals surface area contributed by atoms with Crippen LogP contribution < -0.4 is 30.2 Å². The number of hydrogen-bond acceptors (Lipinski definition) is 6. The fraction of sp³-hybridized carbons (Fsp3) is 0.385. The Morgan fingerprint density at radius 2 is 1.82 bits per heavy atom. The summed E-state index contributed by atoms with van der Waals surface area (Å²) in [6.07, 6.45) is 0. The number of nitrogens with one attached hydrogen (secondary N) is 3. The number of benzene rings is 1. The van der Waals surface area contributed by atoms with E-state index in [1.807, 2.05) is 0 Å². The van der Waals surface area contributed by atoms with Gasteiger partial charge in [0.15, 0.2) is 17.5 Å². The van der Waals surface area contributed by atoms with Gasteiger partial charge in [-0.05, 0) is 0 Å². The lowest BCUT2D eigenvalue weighted by Gasteiger charge is -2.18. The van der Waals surface area contributed by atoms with Crippen LogP contribution in [0.4, 0.5) is 10.5 Å². The molecule has 0 aliphatic carbocycles. The van der Waals surface area contributed by atoms with E-state index < -0.39 is 6.03 Å². The highest BCUT2D eigenvalue weighted by Gasteiger charge is 2.22. The summed E-state index contributed by atoms with van der Waals surface area (Å²) < 4.78 is 15.4. The molecule has 1 aromatic rings. The zero-order valence-electron chi connectivity index (χ0n) is 13.1. The molecule has 0 aromatic heterocycles. The fourth-order valence-corrected chi connectivity index (χ4v) is 1.76. The Labute approximate surface area is 128 Å². The Morgan fingerprint density at radius 1 is 1.18 bits per heavy atom. The molecule has 9 nitrogen and oxygen atoms in total. The van der Waals surface area contributed by atoms with E-state index in [0.29, 0.717) is 0 Å². The monoisotopic (exact) mass is 312 g/mol. The highest BCUT2D eigenvalue weighted by Crippen LogP contribution is 2.47. The van der Waals surface area contributed by atoms with Gasteiger partial charge in [-0.2, -0.15) is 0 Å². The van der Waals surface area contributed by atoms with E-state index >= 15 is 0 Å². The van der Waals surface area contributed by atoms with E-state index in [4.69, 9.17) is 14.2 Å². The Bertz CT molecular complexity index is 574. The molecule has 0 unspecified atom stereocenters. The molecule has 0 heterocycles. The van der Waals surface area contributed by atoms with Crippen molar-refractivity contribution in [2.45, 2.75) is 0 Å². The first-order chi connectivity index (χ1) is 10.5. The van der Waals surface area contributed by atoms with Crippen LogP contribution in [0.15, 0.2) is 11.1 Å². The number of guanidine groups is 1. The maximum Gasteiger partial charge on any atom is 0.326 e. The summed E-state index contributed by atoms with van der Waals surface area (Å²) in [6, 6.07) is 0.739. The summed E-state index contributed by atoms with van der Waals surface area (Å²) in [4.78, 5) is 15.8. The lowest BCUT2D eigenvalue weighted by molar-refractivity contribution is 0.255. The maximum atomic E-state index is 12.0. The Kier molecular flexibility index (Phi) is 6.11. The van der Waals surface area contributed by atoms with Crippen molar-refractivity contribution in [1.29, 1.82) is 0 Å². The van der Waals surface area contributed by atoms with Crippen LogP contribution in [0.3, 0.4) is 0 Å². The minimum absolute atomic E-state index is 0.0802. The highest BCUT2D eigenvalue weighted by molar-refractivity contribution is 6.04. The van der Waals surface area contributed by atoms with Crippen LogP contribution in [0.1, 0.15) is 0 Å². The number of aliphatic imine (C=N–C) groups is 1. The van der Waals surface area contributed by atoms with Crippen molar-refractivity contribution >= 4 is 17.7 Å². The van der Waals surface area contributed by atoms with E-state index in [1.165, 1.54) is 34.4 Å². The molecule has 0 atom stereocenters. The number of urea groups is 1. The van der Waals surface area contributed by atoms with E-state index in [2.05, 4.69) is 20.9 Å². The van der Waals surface area contributed by atoms with E-state index in [1.54, 1.807) is 7.05 Å². The first kappa shape index (κ1) is 17.2. The highest BCUT2D eigenvalue weighted by atomic mass is 16.5. The Balaban J connectivity index is 3.19. The number of amides is 2. The molecule has 2 amide bonds. The third kappa shape index (κ3) is 3.62. The predicted molar refractivity (Wildman–Crippen MR) is 82.3 cm³/mol. The molecule has 0 fully saturated rings. The molecule has 4 N–H and O–H groups in total. The molecule has 0 aliphatic heterocycles. The number of carbonyl (C=O) groups excluding carboxylic acids is 1. The van der Waals surface area contributed by atoms with E-state index in [0.717, 1.165) is 0 Å². The van der Waals surface area contributed by atoms with Gasteiger partial charge in [0.1, 0.15) is 11.4 Å². The Hall–Kier alpha value is -2.84. The number of phenolic OH excluding ortho intramolecular Hbond substituents is 1. The molecule has 1 rings (SSSR count). The number of rotatable bonds is 4. The molecule has 9 heteroatoms. The minimum atomic E-state index is -0.570. The first-order valence-electron chi connectivity index (χ1n) is 6.26. The fourth-order valence-electron chi connectivity index (χ4n) is 1.76. The summed E-state index contributed by atoms with van der Waals surface area (Å²) in [7, 11) is 7.30. The summed E-state index contributed by atoms with van der Waals surface area (Å²) in [5.41, 5.74) is 0.212. The van der Waals surface area contributed by atoms with Gasteiger partial charge in [0.25, 0.3) is 0 Å². The zero-order valence-corrected chi connectivity index (χ0v) is 13.1. The average Bonchev–Trinajstić information content (AvgIpc) is 2.53. The largest absolute Gasteiger partial charge is 0.504 e. The van der Waals surface area contributed by atoms with Gasteiger partial charge in [0.05, 0.1) is 21.3 Å². The van der Waals surface area contributed by atoms with Crippen LogP contribution in [0.5, 0.6) is 23.0 Å². The van der Waals surface area contributed by atoms with Crippen molar-refractivity contribution in [2.75, 3.05) is 40.7 Å². The second-order valence-electron chi connectivity index (χ2n) is 3.94. The maximum absolute atomic E-state index is 12.0. The van der Waals surface area contributed by atoms with E-state index in [9.17, 15) is 9.90 Å². The molecule has 122 valence electrons. The Morgan fingerprint density at radius 3 is 2.27 bits per heavy atom. The lowest BCUT2D eigenvalue weighted by Crippen LogP contribution is -2.41. The molecule has 22 heavy (non-hydrogen) atoms. The van der Waals surface area contributed by atoms with Gasteiger partial charge < -0.3 is 30.0 Å². The summed E-state index contributed by atoms with van der Waals surface area (Å²) in [6.45, 7) is 0. The van der Waals surface area contributed by atoms with Gasteiger partial charge in [0, 0.05) is 20.2 Å². The molecule has 0 spiro atoms. The lowest BCUT2D eigenvalue weighted by atomic mass is 10.2. The molecule has 0 bridgehead atoms. The predicted octanol–water partition coefficient (Wildman–Crippen LogP) is 0.745. The number of methoxy groups -OCH3 is 3. The number of carbonyl (C=O) groups is 1. The van der Waals surface area contributed by atoms with Crippen LogP contribution in [-0.2, 0) is 0 Å². The summed E-state index contributed by atoms with van der Waals surface area (Å²) in [5.74, 6) is 0.532. The first-order valence-corrected chi connectivity index (χ1v) is 6.26. The van der Waals surface area contributed by atoms with Gasteiger partial charge in [-0.15, -0.1) is 0 Å². The van der Waals surface area contributed by atoms with Crippen LogP contribution in [0.2, 0.25) is 0 Å². The number of nitrogens with zero attached hydrogens (tertiary/aromatic N) is 1. The third-order valence-electron chi connectivity index (χ3n) is 2.74. The zero-order chi connectivity index (χ0) is 16.7. The van der Waals surface area contributed by atoms with E-state index in [-0.39, 0.29) is 34.6 Å². The number of anilines is 1. The second-order valence-corrected chi connectivity index (χ2v) is 3.94. The van der Waals surface area contributed by atoms with Crippen molar-refractivity contribution in [1.82, 2.24) is 10.6 Å². The van der Waals surface area contributed by atoms with Crippen molar-refractivity contribution in [2.24, 2.45) is 4.99 Å². The van der Waals surface area contributed by atoms with Crippen LogP contribution in [0.25, 0.3) is 0 Å². The van der Waals surface area contributed by atoms with Gasteiger partial charge in [-0.3, -0.25) is 10.3 Å². The van der Waals surface area contributed by atoms with Gasteiger partial charge in [0.2, 0.25) is 5.75 Å². The topological polar surface area (TPSA) is 113 Å². The normalized spacial score (nSPS) is 10.7. The van der Waals surface area contributed by atoms with Crippen molar-refractivity contribution in [3.05, 3.63) is 6.07 Å². The van der Waals surface area contributed by atoms with Crippen LogP contribution in [-0.4, -0.2) is 52.5 Å². The molecule has 0 aliphatic rings. The average molecular weight is 312 g/mol. The van der Waals surface area contributed by atoms with Crippen molar-refractivity contribution in [3.8, 4) is 23.0 Å². The molecule has 0 radical (unpaired) electrons. The smallest absolute Gasteiger partial charge is 0.326 e. The number of hydrogen-bond donors (Lipinski definition) is 4. The minimum Gasteiger partial charge on any atom is -0.504 e. The molecule has 1 aromatic carbocycles. The number of phenols is 1. The molecular formula is C13H20N4O5. The van der Waals surface area contributed by atoms with Crippen LogP contribution >= 0.6 is 0 Å². The SMILES string of the molecule is CN=C(NC)NC(=O)Nc1c(OC)cc(O)c(OC)c1OC. The second kappa shape index (κ2) is 7.81. The van der Waals surface area contributed by atoms with Gasteiger partial charge in [-0.25, -0.2) is 4.79 Å². The van der Waals surface area contributed by atoms with Crippen molar-refractivity contribution < 1.29 is 24.1 Å². The molecule has 0 saturated heterocycles. The van der Waals surface area contributed by atoms with Gasteiger partial charge in [-0.1, -0.05) is 0 Å². The number of aromatic hydroxyl groups is 1. The van der Waals surface area contributed by atoms with Crippen molar-refractivity contribution in [3.63, 3.8) is 0 Å². The summed E-state index contributed by atoms with van der Waals surface area (Å²) >= 11 is 0. The van der Waals surface area contributed by atoms with Crippen LogP contribution in [0, 0.1) is 0 Å². The number of ether oxygens (including phenoxy) is 3. The molecular weight excluding hydrogens is 292 g/mol.